The fraction of sp³-hybridized carbons (Fsp3) is 0.125. The lowest BCUT2D eigenvalue weighted by Crippen LogP contribution is -2.13. The zero-order chi connectivity index (χ0) is 13.3. The predicted molar refractivity (Wildman–Crippen MR) is 77.0 cm³/mol. The van der Waals surface area contributed by atoms with Gasteiger partial charge in [-0.15, -0.1) is 0 Å². The molecule has 0 saturated carbocycles. The molecule has 19 heavy (non-hydrogen) atoms. The topological polar surface area (TPSA) is 38.4 Å². The van der Waals surface area contributed by atoms with Crippen molar-refractivity contribution in [1.82, 2.24) is 0 Å². The SMILES string of the molecule is [O-]C1=N\[N+](=C/C=C\C=C\C=C\c2ccccc2)CC1. The third kappa shape index (κ3) is 4.76. The van der Waals surface area contributed by atoms with Crippen molar-refractivity contribution in [1.29, 1.82) is 0 Å². The van der Waals surface area contributed by atoms with Crippen LogP contribution in [0.4, 0.5) is 0 Å². The fourth-order valence-corrected chi connectivity index (χ4v) is 1.63. The molecule has 0 aromatic heterocycles. The van der Waals surface area contributed by atoms with Gasteiger partial charge in [-0.2, -0.15) is 0 Å². The summed E-state index contributed by atoms with van der Waals surface area (Å²) in [7, 11) is 0. The lowest BCUT2D eigenvalue weighted by Gasteiger charge is -1.89. The standard InChI is InChI=1S/C16H16N2O/c19-16-12-14-18(17-16)13-8-3-1-2-5-9-15-10-6-4-7-11-15/h1-11,13H,12,14H2/b2-1+,8-3-,9-5+,18-13-. The van der Waals surface area contributed by atoms with E-state index < -0.39 is 0 Å². The number of hydrogen-bond donors (Lipinski definition) is 0. The van der Waals surface area contributed by atoms with E-state index in [-0.39, 0.29) is 5.90 Å². The molecule has 0 bridgehead atoms. The van der Waals surface area contributed by atoms with E-state index in [0.717, 1.165) is 0 Å². The number of benzene rings is 1. The van der Waals surface area contributed by atoms with Crippen molar-refractivity contribution in [2.24, 2.45) is 5.10 Å². The highest BCUT2D eigenvalue weighted by atomic mass is 16.3. The first-order valence-electron chi connectivity index (χ1n) is 6.26. The van der Waals surface area contributed by atoms with Crippen LogP contribution in [0.3, 0.4) is 0 Å². The van der Waals surface area contributed by atoms with Crippen LogP contribution in [0.15, 0.2) is 65.8 Å². The Labute approximate surface area is 113 Å². The summed E-state index contributed by atoms with van der Waals surface area (Å²) in [5.74, 6) is -0.0500. The van der Waals surface area contributed by atoms with E-state index in [1.807, 2.05) is 54.7 Å². The molecule has 96 valence electrons. The monoisotopic (exact) mass is 252 g/mol. The van der Waals surface area contributed by atoms with Crippen LogP contribution in [0.2, 0.25) is 0 Å². The van der Waals surface area contributed by atoms with Gasteiger partial charge in [0, 0.05) is 18.4 Å². The maximum Gasteiger partial charge on any atom is 0.196 e. The maximum atomic E-state index is 10.9. The highest BCUT2D eigenvalue weighted by Crippen LogP contribution is 2.00. The van der Waals surface area contributed by atoms with Gasteiger partial charge >= 0.3 is 0 Å². The van der Waals surface area contributed by atoms with Crippen molar-refractivity contribution < 1.29 is 9.79 Å². The smallest absolute Gasteiger partial charge is 0.196 e. The Hall–Kier alpha value is -2.42. The maximum absolute atomic E-state index is 10.9. The first-order valence-corrected chi connectivity index (χ1v) is 6.26. The highest BCUT2D eigenvalue weighted by molar-refractivity contribution is 5.73. The Balaban J connectivity index is 1.79. The van der Waals surface area contributed by atoms with Gasteiger partial charge in [-0.05, 0) is 10.7 Å². The molecule has 1 aromatic rings. The average molecular weight is 252 g/mol. The van der Waals surface area contributed by atoms with Gasteiger partial charge < -0.3 is 5.11 Å². The molecule has 1 aliphatic rings. The molecule has 0 spiro atoms. The van der Waals surface area contributed by atoms with Gasteiger partial charge in [0.1, 0.15) is 0 Å². The molecule has 1 aromatic carbocycles. The number of hydrazone groups is 1. The van der Waals surface area contributed by atoms with Crippen molar-refractivity contribution in [3.8, 4) is 0 Å². The highest BCUT2D eigenvalue weighted by Gasteiger charge is 2.08. The molecule has 0 saturated heterocycles. The first kappa shape index (κ1) is 13.0. The van der Waals surface area contributed by atoms with Crippen molar-refractivity contribution in [3.05, 3.63) is 66.3 Å². The van der Waals surface area contributed by atoms with E-state index in [9.17, 15) is 5.11 Å². The first-order chi connectivity index (χ1) is 9.34. The lowest BCUT2D eigenvalue weighted by atomic mass is 10.2. The molecule has 3 heteroatoms. The molecular weight excluding hydrogens is 236 g/mol. The van der Waals surface area contributed by atoms with Gasteiger partial charge in [-0.1, -0.05) is 65.4 Å². The molecule has 0 atom stereocenters. The molecule has 2 rings (SSSR count). The molecule has 0 unspecified atom stereocenters. The molecule has 0 amide bonds. The minimum Gasteiger partial charge on any atom is -0.857 e. The van der Waals surface area contributed by atoms with Crippen molar-refractivity contribution in [3.63, 3.8) is 0 Å². The summed E-state index contributed by atoms with van der Waals surface area (Å²) in [6.07, 6.45) is 14.0. The molecule has 1 heterocycles. The van der Waals surface area contributed by atoms with Gasteiger partial charge in [-0.3, -0.25) is 0 Å². The Kier molecular flexibility index (Phi) is 4.87. The van der Waals surface area contributed by atoms with Gasteiger partial charge in [0.05, 0.1) is 0 Å². The largest absolute Gasteiger partial charge is 0.857 e. The van der Waals surface area contributed by atoms with Gasteiger partial charge in [0.2, 0.25) is 0 Å². The number of rotatable bonds is 4. The summed E-state index contributed by atoms with van der Waals surface area (Å²) < 4.78 is 1.66. The minimum absolute atomic E-state index is 0.0500. The van der Waals surface area contributed by atoms with Crippen LogP contribution < -0.4 is 5.11 Å². The van der Waals surface area contributed by atoms with Crippen LogP contribution in [-0.4, -0.2) is 23.3 Å². The quantitative estimate of drug-likeness (QED) is 0.596. The average Bonchev–Trinajstić information content (AvgIpc) is 2.85. The lowest BCUT2D eigenvalue weighted by molar-refractivity contribution is -0.519. The second-order valence-electron chi connectivity index (χ2n) is 4.10. The Morgan fingerprint density at radius 2 is 1.74 bits per heavy atom. The van der Waals surface area contributed by atoms with E-state index in [1.54, 1.807) is 10.9 Å². The zero-order valence-electron chi connectivity index (χ0n) is 10.6. The van der Waals surface area contributed by atoms with Gasteiger partial charge in [0.25, 0.3) is 0 Å². The number of hydrogen-bond acceptors (Lipinski definition) is 2. The van der Waals surface area contributed by atoms with Crippen molar-refractivity contribution in [2.45, 2.75) is 6.42 Å². The summed E-state index contributed by atoms with van der Waals surface area (Å²) >= 11 is 0. The third-order valence-corrected chi connectivity index (χ3v) is 2.59. The summed E-state index contributed by atoms with van der Waals surface area (Å²) in [4.78, 5) is 0. The molecule has 0 fully saturated rings. The van der Waals surface area contributed by atoms with Crippen LogP contribution >= 0.6 is 0 Å². The minimum atomic E-state index is -0.0500. The van der Waals surface area contributed by atoms with E-state index in [4.69, 9.17) is 0 Å². The predicted octanol–water partition coefficient (Wildman–Crippen LogP) is 1.97. The van der Waals surface area contributed by atoms with Crippen LogP contribution in [-0.2, 0) is 0 Å². The second kappa shape index (κ2) is 7.11. The molecule has 0 N–H and O–H groups in total. The molecule has 0 radical (unpaired) electrons. The molecule has 0 aliphatic carbocycles. The van der Waals surface area contributed by atoms with Crippen LogP contribution in [0.5, 0.6) is 0 Å². The van der Waals surface area contributed by atoms with E-state index in [1.165, 1.54) is 5.56 Å². The normalized spacial score (nSPS) is 18.1. The van der Waals surface area contributed by atoms with Crippen LogP contribution in [0.25, 0.3) is 6.08 Å². The van der Waals surface area contributed by atoms with Crippen molar-refractivity contribution in [2.75, 3.05) is 6.54 Å². The molecular formula is C16H16N2O. The third-order valence-electron chi connectivity index (χ3n) is 2.59. The molecule has 3 nitrogen and oxygen atoms in total. The summed E-state index contributed by atoms with van der Waals surface area (Å²) in [5, 5.41) is 14.7. The molecule has 1 aliphatic heterocycles. The van der Waals surface area contributed by atoms with E-state index in [2.05, 4.69) is 17.2 Å². The van der Waals surface area contributed by atoms with Gasteiger partial charge in [0.15, 0.2) is 12.8 Å². The van der Waals surface area contributed by atoms with Crippen LogP contribution in [0.1, 0.15) is 12.0 Å². The summed E-state index contributed by atoms with van der Waals surface area (Å²) in [6.45, 7) is 0.681. The Bertz CT molecular complexity index is 551. The van der Waals surface area contributed by atoms with Crippen LogP contribution in [0, 0.1) is 0 Å². The number of allylic oxidation sites excluding steroid dienone is 5. The van der Waals surface area contributed by atoms with E-state index >= 15 is 0 Å². The van der Waals surface area contributed by atoms with Gasteiger partial charge in [-0.25, -0.2) is 0 Å². The Morgan fingerprint density at radius 1 is 1.00 bits per heavy atom. The second-order valence-corrected chi connectivity index (χ2v) is 4.10. The summed E-state index contributed by atoms with van der Waals surface area (Å²) in [6, 6.07) is 10.1. The number of nitrogens with zero attached hydrogens (tertiary/aromatic N) is 2. The fourth-order valence-electron chi connectivity index (χ4n) is 1.63. The zero-order valence-corrected chi connectivity index (χ0v) is 10.6. The van der Waals surface area contributed by atoms with E-state index in [0.29, 0.717) is 13.0 Å². The Morgan fingerprint density at radius 3 is 2.47 bits per heavy atom. The van der Waals surface area contributed by atoms with Crippen molar-refractivity contribution >= 4 is 18.2 Å². The summed E-state index contributed by atoms with van der Waals surface area (Å²) in [5.41, 5.74) is 1.18.